The highest BCUT2D eigenvalue weighted by molar-refractivity contribution is 5.80. The summed E-state index contributed by atoms with van der Waals surface area (Å²) >= 11 is 0. The lowest BCUT2D eigenvalue weighted by atomic mass is 9.33. The van der Waals surface area contributed by atoms with Gasteiger partial charge in [-0.1, -0.05) is 101 Å². The van der Waals surface area contributed by atoms with E-state index in [9.17, 15) is 137 Å². The minimum Gasteiger partial charge on any atom is -0.479 e. The summed E-state index contributed by atoms with van der Waals surface area (Å²) in [5, 5.41) is 258. The third-order valence-corrected chi connectivity index (χ3v) is 33.9. The van der Waals surface area contributed by atoms with Gasteiger partial charge in [-0.3, -0.25) is 14.4 Å². The molecule has 0 amide bonds. The van der Waals surface area contributed by atoms with Gasteiger partial charge in [-0.15, -0.1) is 0 Å². The van der Waals surface area contributed by atoms with E-state index in [1.807, 2.05) is 34.6 Å². The van der Waals surface area contributed by atoms with Crippen LogP contribution in [-0.4, -0.2) is 438 Å². The van der Waals surface area contributed by atoms with E-state index >= 15 is 4.79 Å². The number of aldehydes is 1. The molecule has 0 bridgehead atoms. The molecule has 0 radical (unpaired) electrons. The Morgan fingerprint density at radius 2 is 1.05 bits per heavy atom. The third kappa shape index (κ3) is 21.7. The molecule has 140 heavy (non-hydrogen) atoms. The third-order valence-electron chi connectivity index (χ3n) is 33.9. The van der Waals surface area contributed by atoms with Crippen molar-refractivity contribution in [3.05, 3.63) is 11.6 Å². The lowest BCUT2D eigenvalue weighted by Crippen LogP contribution is -2.69. The molecule has 46 heteroatoms. The summed E-state index contributed by atoms with van der Waals surface area (Å²) in [5.41, 5.74) is -7.79. The summed E-state index contributed by atoms with van der Waals surface area (Å²) in [6.45, 7) is 19.7. The van der Waals surface area contributed by atoms with Crippen LogP contribution in [0.2, 0.25) is 0 Å². The highest BCUT2D eigenvalue weighted by atomic mass is 16.8. The number of carboxylic acid groups (broad SMARTS) is 1. The van der Waals surface area contributed by atoms with Gasteiger partial charge in [-0.25, -0.2) is 4.79 Å². The highest BCUT2D eigenvalue weighted by Crippen LogP contribution is 2.76. The van der Waals surface area contributed by atoms with Crippen molar-refractivity contribution < 1.29 is 227 Å². The van der Waals surface area contributed by atoms with E-state index in [-0.39, 0.29) is 56.8 Å². The minimum absolute atomic E-state index is 0.00887. The molecule has 5 aliphatic carbocycles. The van der Waals surface area contributed by atoms with Crippen molar-refractivity contribution >= 4 is 30.2 Å². The van der Waals surface area contributed by atoms with E-state index < -0.39 is 377 Å². The first-order valence-electron chi connectivity index (χ1n) is 49.3. The van der Waals surface area contributed by atoms with E-state index in [0.717, 1.165) is 11.9 Å². The number of esters is 3. The van der Waals surface area contributed by atoms with Crippen molar-refractivity contribution in [2.24, 2.45) is 62.1 Å². The molecular weight excluding hydrogens is 1860 g/mol. The molecule has 13 rings (SSSR count). The Morgan fingerprint density at radius 1 is 0.507 bits per heavy atom. The molecule has 8 aliphatic heterocycles. The molecule has 0 aromatic heterocycles. The monoisotopic (exact) mass is 2020 g/mol. The van der Waals surface area contributed by atoms with Crippen molar-refractivity contribution in [1.29, 1.82) is 0 Å². The second-order valence-electron chi connectivity index (χ2n) is 43.3. The Balaban J connectivity index is 0.751. The highest BCUT2D eigenvalue weighted by Gasteiger charge is 2.74. The van der Waals surface area contributed by atoms with Crippen LogP contribution in [-0.2, 0) is 109 Å². The van der Waals surface area contributed by atoms with Gasteiger partial charge < -0.3 is 208 Å². The number of aliphatic hydroxyl groups is 22. The number of carbonyl (C=O) groups is 5. The quantitative estimate of drug-likeness (QED) is 0.00919. The number of carboxylic acids is 1. The molecule has 13 aliphatic rings. The van der Waals surface area contributed by atoms with Crippen molar-refractivity contribution in [3.63, 3.8) is 0 Å². The van der Waals surface area contributed by atoms with Crippen LogP contribution < -0.4 is 0 Å². The van der Waals surface area contributed by atoms with Gasteiger partial charge in [0.1, 0.15) is 152 Å². The predicted octanol–water partition coefficient (Wildman–Crippen LogP) is -4.91. The number of rotatable bonds is 36. The van der Waals surface area contributed by atoms with Gasteiger partial charge in [0.2, 0.25) is 6.29 Å². The fourth-order valence-electron chi connectivity index (χ4n) is 24.6. The number of hydrogen-bond acceptors (Lipinski definition) is 45. The maximum absolute atomic E-state index is 16.4. The summed E-state index contributed by atoms with van der Waals surface area (Å²) in [5.74, 6) is -7.22. The maximum atomic E-state index is 16.4. The van der Waals surface area contributed by atoms with Crippen LogP contribution in [0.25, 0.3) is 0 Å². The van der Waals surface area contributed by atoms with Crippen LogP contribution in [0.5, 0.6) is 0 Å². The van der Waals surface area contributed by atoms with E-state index in [1.54, 1.807) is 27.7 Å². The smallest absolute Gasteiger partial charge is 0.335 e. The number of carbonyl (C=O) groups excluding carboxylic acids is 4. The molecule has 0 aromatic rings. The summed E-state index contributed by atoms with van der Waals surface area (Å²) in [6, 6.07) is 0. The minimum atomic E-state index is -2.33. The molecule has 4 saturated carbocycles. The summed E-state index contributed by atoms with van der Waals surface area (Å²) < 4.78 is 109. The fraction of sp³-hybridized carbons (Fsp3) is 0.926. The number of hydrogen-bond donors (Lipinski definition) is 23. The Labute approximate surface area is 810 Å². The van der Waals surface area contributed by atoms with Gasteiger partial charge in [0.15, 0.2) is 62.3 Å². The first kappa shape index (κ1) is 113. The zero-order valence-corrected chi connectivity index (χ0v) is 81.2. The van der Waals surface area contributed by atoms with Crippen LogP contribution in [0.15, 0.2) is 11.6 Å². The van der Waals surface area contributed by atoms with Crippen molar-refractivity contribution in [2.75, 3.05) is 33.0 Å². The van der Waals surface area contributed by atoms with Crippen LogP contribution in [0.4, 0.5) is 0 Å². The molecule has 52 atom stereocenters. The molecule has 18 unspecified atom stereocenters. The van der Waals surface area contributed by atoms with Crippen molar-refractivity contribution in [1.82, 2.24) is 0 Å². The van der Waals surface area contributed by atoms with Crippen molar-refractivity contribution in [3.8, 4) is 0 Å². The number of allylic oxidation sites excluding steroid dienone is 2. The van der Waals surface area contributed by atoms with Gasteiger partial charge >= 0.3 is 23.9 Å². The second kappa shape index (κ2) is 44.9. The SMILES string of the molecule is CC[C@H]1O[C@@H](O[C@@H](C[C@H](O)CC(=O)O[C@@H](C[C@H](O)CC(=O)O[C@@H]2C(C)O[C@@H](OC(=O)[C@]34CCC(C)(C)CC3C3=CCC5[C@@]6(C)CC[C@H](O[C@@H]7OC(C(=O)O)[C@H](O)[C@H](O[C@@H]8OC(CO)[C@@H](O)[C@H](O)C8O)C7O[C@@H]7OC(CO)[C@H](O)[C@H](O)C7O)[C@@](C)(C=O)C6CC[C@@]5(C)[C@]3(C)C[C@H]4O)[C@H](O[C@@H]3OC(C)[C@H](OC4OCC(O)[C@H](O[C@@H]5OCC(O)(CO)[C@@H]5O)[C@@H]4O)[C@H](O)C3O)C2O)[C@@H](C)CC)[C@@H](C)CC)C(O)C1O. The predicted molar refractivity (Wildman–Crippen MR) is 467 cm³/mol. The number of aliphatic hydroxyl groups excluding tert-OH is 21. The summed E-state index contributed by atoms with van der Waals surface area (Å²) in [4.78, 5) is 72.3. The molecule has 0 spiro atoms. The average Bonchev–Trinajstić information content (AvgIpc) is 0.738. The standard InChI is InChI=1S/C94H152O46/c1-14-37(4)47(127-55(103)27-42(100)26-48(38(5)15-2)129-81-63(111)57(105)46(16-3)128-81)25-41(99)28-56(104)133-71-40(7)126-84(75(67(71)115)138-80-66(114)62(110)70(39(6)125-80)134-79-69(117)72(45(101)33-123-79)135-86-77(118)93(122,35-98)36-124-86)140-87(121)94-24-23-88(8,9)29-44(94)43-17-18-52-89(10)21-20-54(90(11,34-97)51(89)19-22-91(52,12)92(43,13)30-53(94)102)132-85-76(139-83-65(113)61(109)59(107)50(32-96)131-83)73(68(116)74(137-85)78(119)120)136-82-64(112)60(108)58(106)49(31-95)130-82/h17,34,37-42,44-54,57-77,79-86,95-96,98-102,105-118,122H,14-16,18-33,35-36H2,1-13H3,(H,119,120)/t37-,38-,39?,40?,41-,42-,44?,45?,46+,47-,48-,49?,50?,51?,52?,53+,54-,57?,58+,59-,60-,61-,62+,63?,64?,65?,66?,67?,68+,69-,70-,71+,72-,73-,74?,75+,76?,77+,79?,80-,81-,82-,83-,84-,85+,86-,89-,90-,91+,92+,93?,94+/m0/s1. The van der Waals surface area contributed by atoms with Gasteiger partial charge in [0, 0.05) is 12.8 Å². The molecular formula is C94H152O46. The second-order valence-corrected chi connectivity index (χ2v) is 43.3. The van der Waals surface area contributed by atoms with E-state index in [1.165, 1.54) is 13.8 Å². The largest absolute Gasteiger partial charge is 0.479 e. The van der Waals surface area contributed by atoms with E-state index in [2.05, 4.69) is 19.9 Å². The van der Waals surface area contributed by atoms with Crippen LogP contribution in [0.3, 0.4) is 0 Å². The lowest BCUT2D eigenvalue weighted by Gasteiger charge is -2.71. The zero-order valence-electron chi connectivity index (χ0n) is 81.2. The summed E-state index contributed by atoms with van der Waals surface area (Å²) in [7, 11) is 0. The topological polar surface area (TPSA) is 717 Å². The average molecular weight is 2020 g/mol. The van der Waals surface area contributed by atoms with Crippen LogP contribution >= 0.6 is 0 Å². The van der Waals surface area contributed by atoms with Gasteiger partial charge in [0.25, 0.3) is 0 Å². The first-order valence-corrected chi connectivity index (χ1v) is 49.3. The Morgan fingerprint density at radius 3 is 1.64 bits per heavy atom. The van der Waals surface area contributed by atoms with Crippen LogP contribution in [0.1, 0.15) is 193 Å². The van der Waals surface area contributed by atoms with Gasteiger partial charge in [0.05, 0.1) is 100 Å². The van der Waals surface area contributed by atoms with Gasteiger partial charge in [-0.2, -0.15) is 0 Å². The molecule has 23 N–H and O–H groups in total. The fourth-order valence-corrected chi connectivity index (χ4v) is 24.6. The van der Waals surface area contributed by atoms with Crippen molar-refractivity contribution in [2.45, 2.75) is 450 Å². The van der Waals surface area contributed by atoms with Gasteiger partial charge in [-0.05, 0) is 129 Å². The molecule has 12 fully saturated rings. The molecule has 8 saturated heterocycles. The Hall–Kier alpha value is -4.19. The first-order chi connectivity index (χ1) is 65.7. The Bertz CT molecular complexity index is 4150. The zero-order chi connectivity index (χ0) is 103. The number of aliphatic carboxylic acids is 1. The Kier molecular flexibility index (Phi) is 36.2. The van der Waals surface area contributed by atoms with E-state index in [4.69, 9.17) is 85.3 Å². The lowest BCUT2D eigenvalue weighted by molar-refractivity contribution is -0.395. The molecule has 0 aromatic carbocycles. The number of fused-ring (bicyclic) bond motifs is 7. The maximum Gasteiger partial charge on any atom is 0.335 e. The molecule has 46 nitrogen and oxygen atoms in total. The molecule has 8 heterocycles. The van der Waals surface area contributed by atoms with Crippen LogP contribution in [0, 0.1) is 62.1 Å². The normalized spacial score (nSPS) is 48.8. The summed E-state index contributed by atoms with van der Waals surface area (Å²) in [6.07, 6.45) is -67.8. The molecule has 804 valence electrons. The number of ether oxygens (including phenoxy) is 18. The van der Waals surface area contributed by atoms with E-state index in [0.29, 0.717) is 44.9 Å².